The van der Waals surface area contributed by atoms with E-state index >= 15 is 0 Å². The molecule has 1 aliphatic heterocycles. The number of nitrogens with one attached hydrogen (secondary N) is 1. The number of benzene rings is 1. The zero-order valence-corrected chi connectivity index (χ0v) is 13.2. The number of nitrogens with zero attached hydrogens (tertiary/aromatic N) is 1. The van der Waals surface area contributed by atoms with Gasteiger partial charge in [-0.25, -0.2) is 0 Å². The highest BCUT2D eigenvalue weighted by atomic mass is 19.3. The van der Waals surface area contributed by atoms with Crippen LogP contribution in [-0.4, -0.2) is 49.0 Å². The van der Waals surface area contributed by atoms with E-state index in [1.54, 1.807) is 12.1 Å². The Balaban J connectivity index is 1.74. The Bertz CT molecular complexity index is 558. The first-order chi connectivity index (χ1) is 11.4. The van der Waals surface area contributed by atoms with Crippen LogP contribution >= 0.6 is 0 Å². The minimum absolute atomic E-state index is 0.0657. The minimum atomic E-state index is -2.86. The number of hydrogen-bond acceptors (Lipinski definition) is 4. The van der Waals surface area contributed by atoms with Crippen molar-refractivity contribution in [1.82, 2.24) is 10.2 Å². The molecule has 132 valence electrons. The molecule has 8 heteroatoms. The van der Waals surface area contributed by atoms with Crippen LogP contribution in [0.15, 0.2) is 24.3 Å². The molecule has 0 radical (unpaired) electrons. The second kappa shape index (κ2) is 8.58. The molecule has 6 nitrogen and oxygen atoms in total. The van der Waals surface area contributed by atoms with E-state index in [9.17, 15) is 18.4 Å². The van der Waals surface area contributed by atoms with Gasteiger partial charge in [-0.05, 0) is 30.5 Å². The summed E-state index contributed by atoms with van der Waals surface area (Å²) in [5, 5.41) is 2.96. The fourth-order valence-electron chi connectivity index (χ4n) is 2.71. The number of nitrogens with two attached hydrogens (primary N) is 1. The number of piperidine rings is 1. The number of carbonyl (C=O) groups is 2. The van der Waals surface area contributed by atoms with E-state index < -0.39 is 6.61 Å². The molecule has 0 unspecified atom stereocenters. The maximum Gasteiger partial charge on any atom is 0.387 e. The first-order valence-corrected chi connectivity index (χ1v) is 7.76. The van der Waals surface area contributed by atoms with Crippen molar-refractivity contribution in [2.75, 3.05) is 19.6 Å². The molecule has 0 aliphatic carbocycles. The molecule has 1 saturated heterocycles. The molecule has 0 bridgehead atoms. The predicted octanol–water partition coefficient (Wildman–Crippen LogP) is 0.896. The number of hydrogen-bond donors (Lipinski definition) is 2. The summed E-state index contributed by atoms with van der Waals surface area (Å²) in [6.45, 7) is -1.19. The maximum atomic E-state index is 12.1. The van der Waals surface area contributed by atoms with E-state index in [2.05, 4.69) is 10.1 Å². The predicted molar refractivity (Wildman–Crippen MR) is 83.6 cm³/mol. The number of halogens is 2. The summed E-state index contributed by atoms with van der Waals surface area (Å²) in [5.74, 6) is -0.404. The van der Waals surface area contributed by atoms with Crippen molar-refractivity contribution in [3.05, 3.63) is 29.8 Å². The minimum Gasteiger partial charge on any atom is -0.435 e. The van der Waals surface area contributed by atoms with Gasteiger partial charge in [-0.1, -0.05) is 12.1 Å². The monoisotopic (exact) mass is 341 g/mol. The summed E-state index contributed by atoms with van der Waals surface area (Å²) in [6.07, 6.45) is 1.71. The summed E-state index contributed by atoms with van der Waals surface area (Å²) < 4.78 is 28.4. The van der Waals surface area contributed by atoms with Crippen LogP contribution in [0.4, 0.5) is 8.78 Å². The molecule has 0 saturated carbocycles. The lowest BCUT2D eigenvalue weighted by Gasteiger charge is -2.31. The van der Waals surface area contributed by atoms with Gasteiger partial charge in [0.05, 0.1) is 13.0 Å². The zero-order valence-electron chi connectivity index (χ0n) is 13.2. The molecule has 24 heavy (non-hydrogen) atoms. The number of alkyl halides is 2. The zero-order chi connectivity index (χ0) is 17.5. The second-order valence-corrected chi connectivity index (χ2v) is 5.78. The molecule has 3 N–H and O–H groups in total. The van der Waals surface area contributed by atoms with Crippen LogP contribution < -0.4 is 15.8 Å². The Morgan fingerprint density at radius 2 is 1.88 bits per heavy atom. The van der Waals surface area contributed by atoms with Gasteiger partial charge < -0.3 is 15.8 Å². The molecule has 1 aromatic carbocycles. The molecule has 1 fully saturated rings. The second-order valence-electron chi connectivity index (χ2n) is 5.78. The highest BCUT2D eigenvalue weighted by Gasteiger charge is 2.21. The van der Waals surface area contributed by atoms with Crippen molar-refractivity contribution in [2.24, 2.45) is 5.73 Å². The van der Waals surface area contributed by atoms with Crippen LogP contribution in [0, 0.1) is 0 Å². The lowest BCUT2D eigenvalue weighted by molar-refractivity contribution is -0.122. The molecule has 1 aromatic rings. The fraction of sp³-hybridized carbons (Fsp3) is 0.500. The van der Waals surface area contributed by atoms with Crippen LogP contribution in [-0.2, 0) is 16.0 Å². The van der Waals surface area contributed by atoms with Gasteiger partial charge >= 0.3 is 6.61 Å². The third-order valence-corrected chi connectivity index (χ3v) is 3.85. The summed E-state index contributed by atoms with van der Waals surface area (Å²) >= 11 is 0. The largest absolute Gasteiger partial charge is 0.435 e. The highest BCUT2D eigenvalue weighted by molar-refractivity contribution is 5.79. The van der Waals surface area contributed by atoms with Crippen LogP contribution in [0.2, 0.25) is 0 Å². The fourth-order valence-corrected chi connectivity index (χ4v) is 2.71. The van der Waals surface area contributed by atoms with Crippen LogP contribution in [0.1, 0.15) is 18.4 Å². The molecule has 0 aromatic heterocycles. The van der Waals surface area contributed by atoms with Crippen LogP contribution in [0.5, 0.6) is 5.75 Å². The lowest BCUT2D eigenvalue weighted by Crippen LogP contribution is -2.47. The van der Waals surface area contributed by atoms with E-state index in [1.165, 1.54) is 12.1 Å². The molecular formula is C16H21F2N3O3. The first-order valence-electron chi connectivity index (χ1n) is 7.76. The number of primary amides is 1. The molecule has 0 atom stereocenters. The number of amides is 2. The van der Waals surface area contributed by atoms with Crippen LogP contribution in [0.3, 0.4) is 0 Å². The first kappa shape index (κ1) is 18.1. The molecule has 1 heterocycles. The summed E-state index contributed by atoms with van der Waals surface area (Å²) in [6, 6.07) is 6.08. The standard InChI is InChI=1S/C16H21F2N3O3/c17-16(18)24-13-3-1-11(2-4-13)9-15(23)20-12-5-7-21(8-6-12)10-14(19)22/h1-4,12,16H,5-10H2,(H2,19,22)(H,20,23). The molecule has 0 spiro atoms. The quantitative estimate of drug-likeness (QED) is 0.772. The van der Waals surface area contributed by atoms with Crippen molar-refractivity contribution in [2.45, 2.75) is 31.9 Å². The number of carbonyl (C=O) groups excluding carboxylic acids is 2. The van der Waals surface area contributed by atoms with Gasteiger partial charge in [0.2, 0.25) is 11.8 Å². The SMILES string of the molecule is NC(=O)CN1CCC(NC(=O)Cc2ccc(OC(F)F)cc2)CC1. The topological polar surface area (TPSA) is 84.7 Å². The summed E-state index contributed by atoms with van der Waals surface area (Å²) in [4.78, 5) is 24.9. The summed E-state index contributed by atoms with van der Waals surface area (Å²) in [7, 11) is 0. The van der Waals surface area contributed by atoms with Gasteiger partial charge in [0.1, 0.15) is 5.75 Å². The Morgan fingerprint density at radius 3 is 2.42 bits per heavy atom. The third kappa shape index (κ3) is 6.11. The Morgan fingerprint density at radius 1 is 1.25 bits per heavy atom. The number of rotatable bonds is 7. The average Bonchev–Trinajstić information content (AvgIpc) is 2.50. The molecule has 2 rings (SSSR count). The smallest absolute Gasteiger partial charge is 0.387 e. The third-order valence-electron chi connectivity index (χ3n) is 3.85. The van der Waals surface area contributed by atoms with E-state index in [0.29, 0.717) is 13.1 Å². The lowest BCUT2D eigenvalue weighted by atomic mass is 10.0. The van der Waals surface area contributed by atoms with Gasteiger partial charge in [-0.15, -0.1) is 0 Å². The Hall–Kier alpha value is -2.22. The van der Waals surface area contributed by atoms with Gasteiger partial charge in [-0.3, -0.25) is 14.5 Å². The maximum absolute atomic E-state index is 12.1. The van der Waals surface area contributed by atoms with Gasteiger partial charge in [-0.2, -0.15) is 8.78 Å². The van der Waals surface area contributed by atoms with Crippen molar-refractivity contribution < 1.29 is 23.1 Å². The number of ether oxygens (including phenoxy) is 1. The number of likely N-dealkylation sites (tertiary alicyclic amines) is 1. The van der Waals surface area contributed by atoms with Crippen molar-refractivity contribution >= 4 is 11.8 Å². The highest BCUT2D eigenvalue weighted by Crippen LogP contribution is 2.15. The summed E-state index contributed by atoms with van der Waals surface area (Å²) in [5.41, 5.74) is 5.88. The van der Waals surface area contributed by atoms with E-state index in [4.69, 9.17) is 5.73 Å². The Labute approximate surface area is 138 Å². The van der Waals surface area contributed by atoms with Crippen molar-refractivity contribution in [3.63, 3.8) is 0 Å². The van der Waals surface area contributed by atoms with Crippen molar-refractivity contribution in [3.8, 4) is 5.75 Å². The van der Waals surface area contributed by atoms with Crippen LogP contribution in [0.25, 0.3) is 0 Å². The van der Waals surface area contributed by atoms with E-state index in [1.807, 2.05) is 4.90 Å². The molecule has 1 aliphatic rings. The Kier molecular flexibility index (Phi) is 6.48. The average molecular weight is 341 g/mol. The van der Waals surface area contributed by atoms with Gasteiger partial charge in [0.25, 0.3) is 0 Å². The normalized spacial score (nSPS) is 16.1. The molecule has 2 amide bonds. The molecular weight excluding hydrogens is 320 g/mol. The van der Waals surface area contributed by atoms with Crippen molar-refractivity contribution in [1.29, 1.82) is 0 Å². The van der Waals surface area contributed by atoms with E-state index in [-0.39, 0.29) is 36.6 Å². The van der Waals surface area contributed by atoms with Gasteiger partial charge in [0.15, 0.2) is 0 Å². The van der Waals surface area contributed by atoms with E-state index in [0.717, 1.165) is 18.4 Å². The van der Waals surface area contributed by atoms with Gasteiger partial charge in [0, 0.05) is 19.1 Å².